The number of hydrogen-bond acceptors (Lipinski definition) is 4. The van der Waals surface area contributed by atoms with E-state index in [4.69, 9.17) is 0 Å². The molecule has 2 aromatic heterocycles. The minimum absolute atomic E-state index is 0.929. The number of benzene rings is 1. The van der Waals surface area contributed by atoms with Crippen LogP contribution in [0, 0.1) is 0 Å². The van der Waals surface area contributed by atoms with Crippen molar-refractivity contribution in [1.82, 2.24) is 19.4 Å². The highest BCUT2D eigenvalue weighted by atomic mass is 79.9. The molecule has 120 valence electrons. The number of thiophene rings is 1. The second-order valence-corrected chi connectivity index (χ2v) is 8.49. The Balaban J connectivity index is 1.34. The normalized spacial score (nSPS) is 17.1. The molecule has 1 aromatic carbocycles. The first-order chi connectivity index (χ1) is 11.3. The van der Waals surface area contributed by atoms with Gasteiger partial charge in [0.1, 0.15) is 0 Å². The van der Waals surface area contributed by atoms with E-state index in [1.54, 1.807) is 0 Å². The van der Waals surface area contributed by atoms with E-state index in [1.807, 2.05) is 23.7 Å². The molecule has 0 unspecified atom stereocenters. The van der Waals surface area contributed by atoms with Gasteiger partial charge in [-0.2, -0.15) is 0 Å². The highest BCUT2D eigenvalue weighted by molar-refractivity contribution is 9.11. The quantitative estimate of drug-likeness (QED) is 0.679. The lowest BCUT2D eigenvalue weighted by atomic mass is 10.3. The predicted octanol–water partition coefficient (Wildman–Crippen LogP) is 3.64. The van der Waals surface area contributed by atoms with Crippen LogP contribution in [0.3, 0.4) is 0 Å². The van der Waals surface area contributed by atoms with Crippen molar-refractivity contribution in [1.29, 1.82) is 0 Å². The van der Waals surface area contributed by atoms with E-state index in [1.165, 1.54) is 14.2 Å². The van der Waals surface area contributed by atoms with Crippen molar-refractivity contribution in [3.8, 4) is 0 Å². The third-order valence-electron chi connectivity index (χ3n) is 4.35. The Hall–Kier alpha value is -1.21. The summed E-state index contributed by atoms with van der Waals surface area (Å²) in [4.78, 5) is 11.0. The van der Waals surface area contributed by atoms with Crippen molar-refractivity contribution in [3.05, 3.63) is 51.4 Å². The summed E-state index contributed by atoms with van der Waals surface area (Å²) < 4.78 is 3.47. The molecule has 0 radical (unpaired) electrons. The average Bonchev–Trinajstić information content (AvgIpc) is 3.16. The van der Waals surface area contributed by atoms with Crippen LogP contribution in [0.5, 0.6) is 0 Å². The van der Waals surface area contributed by atoms with Crippen LogP contribution in [-0.4, -0.2) is 45.5 Å². The zero-order valence-electron chi connectivity index (χ0n) is 12.9. The number of nitrogens with zero attached hydrogens (tertiary/aromatic N) is 4. The summed E-state index contributed by atoms with van der Waals surface area (Å²) in [7, 11) is 0. The molecule has 1 fully saturated rings. The van der Waals surface area contributed by atoms with E-state index in [9.17, 15) is 0 Å². The molecular formula is C17H19BrN4S. The van der Waals surface area contributed by atoms with Gasteiger partial charge in [0.15, 0.2) is 0 Å². The molecule has 4 rings (SSSR count). The van der Waals surface area contributed by atoms with Crippen LogP contribution in [0.15, 0.2) is 46.5 Å². The van der Waals surface area contributed by atoms with Crippen molar-refractivity contribution in [3.63, 3.8) is 0 Å². The molecule has 4 nitrogen and oxygen atoms in total. The van der Waals surface area contributed by atoms with Gasteiger partial charge in [0, 0.05) is 37.6 Å². The van der Waals surface area contributed by atoms with Gasteiger partial charge in [0.2, 0.25) is 0 Å². The fraction of sp³-hybridized carbons (Fsp3) is 0.353. The van der Waals surface area contributed by atoms with E-state index in [0.717, 1.165) is 44.9 Å². The van der Waals surface area contributed by atoms with E-state index in [0.29, 0.717) is 0 Å². The van der Waals surface area contributed by atoms with E-state index in [-0.39, 0.29) is 0 Å². The van der Waals surface area contributed by atoms with Gasteiger partial charge >= 0.3 is 0 Å². The number of fused-ring (bicyclic) bond motifs is 1. The first-order valence-electron chi connectivity index (χ1n) is 7.87. The van der Waals surface area contributed by atoms with Crippen molar-refractivity contribution >= 4 is 38.3 Å². The molecule has 0 bridgehead atoms. The number of imidazole rings is 1. The maximum absolute atomic E-state index is 4.48. The SMILES string of the molecule is Brc1ccc(CN2CCN(Cn3cnc4ccccc43)CC2)s1. The minimum Gasteiger partial charge on any atom is -0.317 e. The van der Waals surface area contributed by atoms with Gasteiger partial charge in [-0.15, -0.1) is 11.3 Å². The average molecular weight is 391 g/mol. The van der Waals surface area contributed by atoms with Gasteiger partial charge < -0.3 is 4.57 Å². The monoisotopic (exact) mass is 390 g/mol. The molecule has 0 spiro atoms. The Morgan fingerprint density at radius 1 is 1.00 bits per heavy atom. The first kappa shape index (κ1) is 15.3. The molecule has 3 aromatic rings. The van der Waals surface area contributed by atoms with Gasteiger partial charge in [-0.05, 0) is 40.2 Å². The summed E-state index contributed by atoms with van der Waals surface area (Å²) in [6.45, 7) is 6.47. The lowest BCUT2D eigenvalue weighted by Gasteiger charge is -2.34. The summed E-state index contributed by atoms with van der Waals surface area (Å²) >= 11 is 5.38. The molecule has 0 aliphatic carbocycles. The summed E-state index contributed by atoms with van der Waals surface area (Å²) in [5.41, 5.74) is 2.30. The summed E-state index contributed by atoms with van der Waals surface area (Å²) in [6.07, 6.45) is 1.96. The van der Waals surface area contributed by atoms with Gasteiger partial charge in [0.05, 0.1) is 27.8 Å². The zero-order valence-corrected chi connectivity index (χ0v) is 15.3. The van der Waals surface area contributed by atoms with Crippen LogP contribution in [0.25, 0.3) is 11.0 Å². The molecule has 1 aliphatic heterocycles. The lowest BCUT2D eigenvalue weighted by Crippen LogP contribution is -2.46. The Bertz CT molecular complexity index is 789. The van der Waals surface area contributed by atoms with Crippen LogP contribution < -0.4 is 0 Å². The van der Waals surface area contributed by atoms with Gasteiger partial charge in [-0.1, -0.05) is 12.1 Å². The number of halogens is 1. The molecule has 0 N–H and O–H groups in total. The zero-order chi connectivity index (χ0) is 15.6. The fourth-order valence-electron chi connectivity index (χ4n) is 3.08. The van der Waals surface area contributed by atoms with E-state index >= 15 is 0 Å². The van der Waals surface area contributed by atoms with Crippen molar-refractivity contribution < 1.29 is 0 Å². The smallest absolute Gasteiger partial charge is 0.0969 e. The third kappa shape index (κ3) is 3.50. The molecule has 3 heterocycles. The van der Waals surface area contributed by atoms with E-state index in [2.05, 4.69) is 65.6 Å². The lowest BCUT2D eigenvalue weighted by molar-refractivity contribution is 0.105. The molecule has 1 aliphatic rings. The molecule has 6 heteroatoms. The van der Waals surface area contributed by atoms with Gasteiger partial charge in [-0.25, -0.2) is 4.98 Å². The topological polar surface area (TPSA) is 24.3 Å². The number of hydrogen-bond donors (Lipinski definition) is 0. The Morgan fingerprint density at radius 2 is 1.78 bits per heavy atom. The largest absolute Gasteiger partial charge is 0.317 e. The standard InChI is InChI=1S/C17H19BrN4S/c18-17-6-5-14(23-17)11-20-7-9-21(10-8-20)13-22-12-19-15-3-1-2-4-16(15)22/h1-6,12H,7-11,13H2. The molecule has 23 heavy (non-hydrogen) atoms. The second-order valence-electron chi connectivity index (χ2n) is 5.94. The summed E-state index contributed by atoms with van der Waals surface area (Å²) in [5.74, 6) is 0. The van der Waals surface area contributed by atoms with Gasteiger partial charge in [-0.3, -0.25) is 9.80 Å². The highest BCUT2D eigenvalue weighted by Gasteiger charge is 2.18. The van der Waals surface area contributed by atoms with Crippen molar-refractivity contribution in [2.45, 2.75) is 13.2 Å². The summed E-state index contributed by atoms with van der Waals surface area (Å²) in [6, 6.07) is 12.7. The van der Waals surface area contributed by atoms with Crippen molar-refractivity contribution in [2.24, 2.45) is 0 Å². The Morgan fingerprint density at radius 3 is 2.57 bits per heavy atom. The number of para-hydroxylation sites is 2. The van der Waals surface area contributed by atoms with Crippen molar-refractivity contribution in [2.75, 3.05) is 26.2 Å². The van der Waals surface area contributed by atoms with Gasteiger partial charge in [0.25, 0.3) is 0 Å². The van der Waals surface area contributed by atoms with Crippen LogP contribution in [0.2, 0.25) is 0 Å². The number of rotatable bonds is 4. The van der Waals surface area contributed by atoms with Crippen LogP contribution in [-0.2, 0) is 13.2 Å². The molecule has 0 atom stereocenters. The Kier molecular flexibility index (Phi) is 4.48. The summed E-state index contributed by atoms with van der Waals surface area (Å²) in [5, 5.41) is 0. The first-order valence-corrected chi connectivity index (χ1v) is 9.48. The number of aromatic nitrogens is 2. The highest BCUT2D eigenvalue weighted by Crippen LogP contribution is 2.23. The molecule has 0 amide bonds. The maximum Gasteiger partial charge on any atom is 0.0969 e. The molecule has 0 saturated carbocycles. The predicted molar refractivity (Wildman–Crippen MR) is 98.6 cm³/mol. The second kappa shape index (κ2) is 6.73. The third-order valence-corrected chi connectivity index (χ3v) is 5.96. The van der Waals surface area contributed by atoms with E-state index < -0.39 is 0 Å². The Labute approximate surface area is 148 Å². The van der Waals surface area contributed by atoms with Crippen LogP contribution in [0.4, 0.5) is 0 Å². The van der Waals surface area contributed by atoms with Crippen LogP contribution in [0.1, 0.15) is 4.88 Å². The fourth-order valence-corrected chi connectivity index (χ4v) is 4.61. The maximum atomic E-state index is 4.48. The van der Waals surface area contributed by atoms with Crippen LogP contribution >= 0.6 is 27.3 Å². The molecule has 1 saturated heterocycles. The minimum atomic E-state index is 0.929. The molecular weight excluding hydrogens is 372 g/mol. The number of piperazine rings is 1.